The number of carboxylic acids is 1. The summed E-state index contributed by atoms with van der Waals surface area (Å²) < 4.78 is 0. The summed E-state index contributed by atoms with van der Waals surface area (Å²) >= 11 is 0. The van der Waals surface area contributed by atoms with Gasteiger partial charge in [0.05, 0.1) is 0 Å². The van der Waals surface area contributed by atoms with Gasteiger partial charge in [0.15, 0.2) is 5.75 Å². The van der Waals surface area contributed by atoms with Crippen molar-refractivity contribution in [3.8, 4) is 11.5 Å². The van der Waals surface area contributed by atoms with Crippen LogP contribution >= 0.6 is 0 Å². The minimum absolute atomic E-state index is 0.225. The van der Waals surface area contributed by atoms with Gasteiger partial charge in [-0.15, -0.1) is 0 Å². The maximum Gasteiger partial charge on any atom is 0.339 e. The Labute approximate surface area is 220 Å². The third-order valence-electron chi connectivity index (χ3n) is 11.3. The number of nitrogens with zero attached hydrogens (tertiary/aromatic N) is 1. The maximum absolute atomic E-state index is 12.9. The lowest BCUT2D eigenvalue weighted by molar-refractivity contribution is -0.127. The van der Waals surface area contributed by atoms with E-state index in [1.165, 1.54) is 44.6 Å². The Balaban J connectivity index is 1.26. The van der Waals surface area contributed by atoms with Crippen LogP contribution < -0.4 is 5.32 Å². The number of nitrogens with one attached hydrogen (secondary N) is 1. The van der Waals surface area contributed by atoms with Gasteiger partial charge < -0.3 is 25.5 Å². The molecule has 0 heterocycles. The fraction of sp³-hybridized carbons (Fsp3) is 0.733. The van der Waals surface area contributed by atoms with Crippen LogP contribution in [0.2, 0.25) is 0 Å². The zero-order chi connectivity index (χ0) is 26.7. The molecule has 1 aromatic rings. The van der Waals surface area contributed by atoms with Crippen LogP contribution in [0.5, 0.6) is 11.5 Å². The second kappa shape index (κ2) is 9.48. The quantitative estimate of drug-likeness (QED) is 0.322. The summed E-state index contributed by atoms with van der Waals surface area (Å²) in [6, 6.07) is 2.30. The second-order valence-corrected chi connectivity index (χ2v) is 13.6. The summed E-state index contributed by atoms with van der Waals surface area (Å²) in [7, 11) is 0. The molecule has 0 radical (unpaired) electrons. The van der Waals surface area contributed by atoms with Gasteiger partial charge in [-0.2, -0.15) is 0 Å². The number of rotatable bonds is 9. The number of phenols is 2. The molecule has 204 valence electrons. The van der Waals surface area contributed by atoms with E-state index in [1.807, 2.05) is 0 Å². The zero-order valence-electron chi connectivity index (χ0n) is 22.8. The van der Waals surface area contributed by atoms with E-state index in [4.69, 9.17) is 0 Å². The van der Waals surface area contributed by atoms with E-state index in [0.29, 0.717) is 29.2 Å². The number of fused-ring (bicyclic) bond motifs is 4. The van der Waals surface area contributed by atoms with Gasteiger partial charge in [0, 0.05) is 26.1 Å². The van der Waals surface area contributed by atoms with Crippen LogP contribution in [0.3, 0.4) is 0 Å². The third-order valence-corrected chi connectivity index (χ3v) is 11.3. The Kier molecular flexibility index (Phi) is 6.74. The molecule has 0 aromatic heterocycles. The molecule has 1 aromatic carbocycles. The SMILES string of the molecule is CC1(C)[C@H]2CCC(CN(CCC(=O)Nc3c(O)ccc(C(=O)O)c3O)CC3CC[C@H]4C[C@@H]3C4(C)C)[C@@H]1C2. The van der Waals surface area contributed by atoms with Crippen LogP contribution in [0.15, 0.2) is 12.1 Å². The first kappa shape index (κ1) is 26.3. The van der Waals surface area contributed by atoms with E-state index in [9.17, 15) is 24.9 Å². The number of hydrogen-bond donors (Lipinski definition) is 4. The molecule has 2 unspecified atom stereocenters. The molecule has 37 heavy (non-hydrogen) atoms. The van der Waals surface area contributed by atoms with Gasteiger partial charge in [-0.25, -0.2) is 4.79 Å². The van der Waals surface area contributed by atoms with Gasteiger partial charge in [0.1, 0.15) is 17.0 Å². The highest BCUT2D eigenvalue weighted by atomic mass is 16.4. The molecule has 4 N–H and O–H groups in total. The number of hydrogen-bond acceptors (Lipinski definition) is 5. The van der Waals surface area contributed by atoms with Crippen molar-refractivity contribution in [1.82, 2.24) is 4.90 Å². The molecular formula is C30H44N2O5. The molecule has 6 atom stereocenters. The van der Waals surface area contributed by atoms with Crippen LogP contribution in [0.1, 0.15) is 83.0 Å². The normalized spacial score (nSPS) is 32.8. The van der Waals surface area contributed by atoms with E-state index < -0.39 is 11.7 Å². The molecule has 7 nitrogen and oxygen atoms in total. The van der Waals surface area contributed by atoms with Crippen molar-refractivity contribution in [2.75, 3.05) is 25.0 Å². The first-order valence-corrected chi connectivity index (χ1v) is 14.2. The van der Waals surface area contributed by atoms with Gasteiger partial charge in [-0.3, -0.25) is 4.79 Å². The molecule has 4 bridgehead atoms. The zero-order valence-corrected chi connectivity index (χ0v) is 22.8. The standard InChI is InChI=1S/C30H44N2O5/c1-29(2)19-7-5-17(22(29)13-19)15-32(16-18-6-8-20-14-23(18)30(20,3)4)12-11-25(34)31-26-24(33)10-9-21(27(26)35)28(36)37/h9-10,17-20,22-23,33,35H,5-8,11-16H2,1-4H3,(H,31,34)(H,36,37)/t17?,18?,19-,20-,22-,23-/m0/s1. The van der Waals surface area contributed by atoms with Gasteiger partial charge in [0.25, 0.3) is 0 Å². The molecule has 7 heteroatoms. The van der Waals surface area contributed by atoms with Gasteiger partial charge in [-0.1, -0.05) is 27.7 Å². The summed E-state index contributed by atoms with van der Waals surface area (Å²) in [4.78, 5) is 26.8. The molecule has 6 aliphatic rings. The summed E-state index contributed by atoms with van der Waals surface area (Å²) in [6.07, 6.45) is 8.06. The average molecular weight is 513 g/mol. The smallest absolute Gasteiger partial charge is 0.339 e. The van der Waals surface area contributed by atoms with Crippen molar-refractivity contribution in [1.29, 1.82) is 0 Å². The molecule has 1 amide bonds. The average Bonchev–Trinajstić information content (AvgIpc) is 2.84. The molecule has 0 saturated heterocycles. The van der Waals surface area contributed by atoms with Gasteiger partial charge in [-0.05, 0) is 97.0 Å². The molecule has 6 fully saturated rings. The van der Waals surface area contributed by atoms with Crippen molar-refractivity contribution in [3.05, 3.63) is 17.7 Å². The highest BCUT2D eigenvalue weighted by molar-refractivity contribution is 5.99. The monoisotopic (exact) mass is 512 g/mol. The number of amides is 1. The maximum atomic E-state index is 12.9. The summed E-state index contributed by atoms with van der Waals surface area (Å²) in [6.45, 7) is 12.4. The van der Waals surface area contributed by atoms with Crippen LogP contribution in [0.4, 0.5) is 5.69 Å². The number of aromatic hydroxyl groups is 2. The largest absolute Gasteiger partial charge is 0.506 e. The van der Waals surface area contributed by atoms with Crippen molar-refractivity contribution in [2.45, 2.75) is 72.6 Å². The van der Waals surface area contributed by atoms with E-state index >= 15 is 0 Å². The summed E-state index contributed by atoms with van der Waals surface area (Å²) in [5.41, 5.74) is 0.252. The molecule has 0 spiro atoms. The Bertz CT molecular complexity index is 1020. The minimum atomic E-state index is -1.32. The lowest BCUT2D eigenvalue weighted by Gasteiger charge is -2.62. The first-order chi connectivity index (χ1) is 17.4. The lowest BCUT2D eigenvalue weighted by atomic mass is 9.45. The molecule has 7 rings (SSSR count). The third kappa shape index (κ3) is 4.62. The molecular weight excluding hydrogens is 468 g/mol. The Morgan fingerprint density at radius 2 is 1.46 bits per heavy atom. The van der Waals surface area contributed by atoms with E-state index in [1.54, 1.807) is 0 Å². The number of carboxylic acid groups (broad SMARTS) is 1. The van der Waals surface area contributed by atoms with Crippen LogP contribution in [0.25, 0.3) is 0 Å². The van der Waals surface area contributed by atoms with E-state index in [-0.39, 0.29) is 29.3 Å². The number of carbonyl (C=O) groups excluding carboxylic acids is 1. The summed E-state index contributed by atoms with van der Waals surface area (Å²) in [5.74, 6) is 1.94. The second-order valence-electron chi connectivity index (χ2n) is 13.6. The van der Waals surface area contributed by atoms with Crippen molar-refractivity contribution in [3.63, 3.8) is 0 Å². The van der Waals surface area contributed by atoms with E-state index in [0.717, 1.165) is 42.8 Å². The Morgan fingerprint density at radius 3 is 1.92 bits per heavy atom. The minimum Gasteiger partial charge on any atom is -0.506 e. The molecule has 6 saturated carbocycles. The van der Waals surface area contributed by atoms with Gasteiger partial charge >= 0.3 is 5.97 Å². The van der Waals surface area contributed by atoms with Crippen LogP contribution in [0, 0.1) is 46.3 Å². The van der Waals surface area contributed by atoms with Crippen LogP contribution in [-0.4, -0.2) is 51.7 Å². The topological polar surface area (TPSA) is 110 Å². The van der Waals surface area contributed by atoms with Crippen LogP contribution in [-0.2, 0) is 4.79 Å². The number of aromatic carboxylic acids is 1. The number of carbonyl (C=O) groups is 2. The number of benzene rings is 1. The fourth-order valence-corrected chi connectivity index (χ4v) is 8.62. The highest BCUT2D eigenvalue weighted by Gasteiger charge is 2.56. The Morgan fingerprint density at radius 1 is 0.919 bits per heavy atom. The fourth-order valence-electron chi connectivity index (χ4n) is 8.62. The van der Waals surface area contributed by atoms with E-state index in [2.05, 4.69) is 37.9 Å². The first-order valence-electron chi connectivity index (χ1n) is 14.2. The highest BCUT2D eigenvalue weighted by Crippen LogP contribution is 2.63. The predicted octanol–water partition coefficient (Wildman–Crippen LogP) is 5.57. The van der Waals surface area contributed by atoms with Gasteiger partial charge in [0.2, 0.25) is 5.91 Å². The summed E-state index contributed by atoms with van der Waals surface area (Å²) in [5, 5.41) is 32.3. The lowest BCUT2D eigenvalue weighted by Crippen LogP contribution is -2.57. The van der Waals surface area contributed by atoms with Crippen molar-refractivity contribution < 1.29 is 24.9 Å². The molecule has 0 aliphatic heterocycles. The molecule has 6 aliphatic carbocycles. The number of phenolic OH excluding ortho intramolecular Hbond substituents is 1. The van der Waals surface area contributed by atoms with Crippen molar-refractivity contribution in [2.24, 2.45) is 46.3 Å². The van der Waals surface area contributed by atoms with Crippen molar-refractivity contribution >= 4 is 17.6 Å². The predicted molar refractivity (Wildman–Crippen MR) is 143 cm³/mol. The Hall–Kier alpha value is -2.28. The number of anilines is 1.